The Morgan fingerprint density at radius 3 is 1.13 bits per heavy atom. The first-order valence-electron chi connectivity index (χ1n) is 11.4. The van der Waals surface area contributed by atoms with Crippen LogP contribution >= 0.6 is 0 Å². The number of anilines is 2. The highest BCUT2D eigenvalue weighted by molar-refractivity contribution is 6.20. The van der Waals surface area contributed by atoms with Crippen LogP contribution in [0, 0.1) is 11.8 Å². The summed E-state index contributed by atoms with van der Waals surface area (Å²) in [7, 11) is 0. The Labute approximate surface area is 178 Å². The average Bonchev–Trinajstić information content (AvgIpc) is 2.82. The highest BCUT2D eigenvalue weighted by atomic mass is 16.3. The second-order valence-corrected chi connectivity index (χ2v) is 9.01. The van der Waals surface area contributed by atoms with E-state index < -0.39 is 0 Å². The Hall–Kier alpha value is -2.30. The van der Waals surface area contributed by atoms with E-state index in [2.05, 4.69) is 58.3 Å². The normalized spacial score (nSPS) is 19.1. The van der Waals surface area contributed by atoms with E-state index in [9.17, 15) is 10.2 Å². The standard InChI is InChI=1S/C26H32N2O2/c29-17-19-9-13-27(14-10-19)25-21-5-1-2-6-22(21)26(24-8-4-3-7-23(24)25)28-15-11-20(18-30)12-16-28/h1-8,19-20,29-30H,9-18H2. The molecule has 0 amide bonds. The first kappa shape index (κ1) is 19.7. The minimum absolute atomic E-state index is 0.304. The van der Waals surface area contributed by atoms with Gasteiger partial charge in [0.25, 0.3) is 0 Å². The van der Waals surface area contributed by atoms with Crippen LogP contribution in [0.25, 0.3) is 21.5 Å². The molecule has 3 aromatic rings. The molecule has 0 aliphatic carbocycles. The molecule has 0 bridgehead atoms. The van der Waals surface area contributed by atoms with Gasteiger partial charge in [0.2, 0.25) is 0 Å². The quantitative estimate of drug-likeness (QED) is 0.633. The van der Waals surface area contributed by atoms with Crippen LogP contribution in [0.1, 0.15) is 25.7 Å². The van der Waals surface area contributed by atoms with Gasteiger partial charge in [-0.05, 0) is 37.5 Å². The van der Waals surface area contributed by atoms with Crippen LogP contribution in [-0.2, 0) is 0 Å². The topological polar surface area (TPSA) is 46.9 Å². The highest BCUT2D eigenvalue weighted by Gasteiger charge is 2.26. The van der Waals surface area contributed by atoms with E-state index in [1.807, 2.05) is 0 Å². The van der Waals surface area contributed by atoms with Gasteiger partial charge >= 0.3 is 0 Å². The Morgan fingerprint density at radius 2 is 0.867 bits per heavy atom. The van der Waals surface area contributed by atoms with Gasteiger partial charge in [-0.15, -0.1) is 0 Å². The summed E-state index contributed by atoms with van der Waals surface area (Å²) in [4.78, 5) is 5.08. The summed E-state index contributed by atoms with van der Waals surface area (Å²) in [6.07, 6.45) is 4.20. The maximum atomic E-state index is 9.57. The molecule has 2 saturated heterocycles. The molecule has 2 N–H and O–H groups in total. The number of aliphatic hydroxyl groups excluding tert-OH is 2. The summed E-state index contributed by atoms with van der Waals surface area (Å²) in [5.74, 6) is 0.872. The SMILES string of the molecule is OCC1CCN(c2c3ccccc3c(N3CCC(CO)CC3)c3ccccc23)CC1. The molecule has 2 aliphatic rings. The molecule has 0 aromatic heterocycles. The smallest absolute Gasteiger partial charge is 0.0527 e. The molecular weight excluding hydrogens is 372 g/mol. The highest BCUT2D eigenvalue weighted by Crippen LogP contribution is 2.44. The van der Waals surface area contributed by atoms with Crippen LogP contribution in [0.2, 0.25) is 0 Å². The third-order valence-corrected chi connectivity index (χ3v) is 7.25. The fourth-order valence-corrected chi connectivity index (χ4v) is 5.44. The van der Waals surface area contributed by atoms with Crippen LogP contribution in [-0.4, -0.2) is 49.6 Å². The summed E-state index contributed by atoms with van der Waals surface area (Å²) in [5, 5.41) is 24.5. The van der Waals surface area contributed by atoms with E-state index in [0.717, 1.165) is 51.9 Å². The van der Waals surface area contributed by atoms with Crippen molar-refractivity contribution in [2.45, 2.75) is 25.7 Å². The third-order valence-electron chi connectivity index (χ3n) is 7.25. The number of aliphatic hydroxyl groups is 2. The first-order chi connectivity index (χ1) is 14.8. The lowest BCUT2D eigenvalue weighted by molar-refractivity contribution is 0.203. The number of piperidine rings is 2. The number of hydrogen-bond acceptors (Lipinski definition) is 4. The van der Waals surface area contributed by atoms with Gasteiger partial charge in [0.15, 0.2) is 0 Å². The van der Waals surface area contributed by atoms with Gasteiger partial charge in [0, 0.05) is 60.9 Å². The molecular formula is C26H32N2O2. The van der Waals surface area contributed by atoms with Crippen molar-refractivity contribution in [3.8, 4) is 0 Å². The van der Waals surface area contributed by atoms with Crippen LogP contribution in [0.15, 0.2) is 48.5 Å². The van der Waals surface area contributed by atoms with Crippen LogP contribution < -0.4 is 9.80 Å². The fourth-order valence-electron chi connectivity index (χ4n) is 5.44. The van der Waals surface area contributed by atoms with Crippen molar-refractivity contribution in [2.24, 2.45) is 11.8 Å². The fraction of sp³-hybridized carbons (Fsp3) is 0.462. The predicted molar refractivity (Wildman–Crippen MR) is 125 cm³/mol. The molecule has 0 unspecified atom stereocenters. The van der Waals surface area contributed by atoms with Crippen LogP contribution in [0.3, 0.4) is 0 Å². The van der Waals surface area contributed by atoms with E-state index in [4.69, 9.17) is 0 Å². The summed E-state index contributed by atoms with van der Waals surface area (Å²) < 4.78 is 0. The number of rotatable bonds is 4. The lowest BCUT2D eigenvalue weighted by atomic mass is 9.92. The molecule has 2 fully saturated rings. The van der Waals surface area contributed by atoms with Crippen molar-refractivity contribution in [1.82, 2.24) is 0 Å². The molecule has 30 heavy (non-hydrogen) atoms. The van der Waals surface area contributed by atoms with Crippen molar-refractivity contribution in [3.05, 3.63) is 48.5 Å². The molecule has 0 saturated carbocycles. The van der Waals surface area contributed by atoms with E-state index in [1.54, 1.807) is 0 Å². The Kier molecular flexibility index (Phi) is 5.53. The van der Waals surface area contributed by atoms with Crippen LogP contribution in [0.5, 0.6) is 0 Å². The van der Waals surface area contributed by atoms with E-state index in [1.165, 1.54) is 32.9 Å². The molecule has 3 aromatic carbocycles. The largest absolute Gasteiger partial charge is 0.396 e. The Balaban J connectivity index is 1.66. The maximum absolute atomic E-state index is 9.57. The molecule has 4 heteroatoms. The molecule has 4 nitrogen and oxygen atoms in total. The minimum Gasteiger partial charge on any atom is -0.396 e. The number of hydrogen-bond donors (Lipinski definition) is 2. The zero-order chi connectivity index (χ0) is 20.5. The lowest BCUT2D eigenvalue weighted by Crippen LogP contribution is -2.36. The second-order valence-electron chi connectivity index (χ2n) is 9.01. The van der Waals surface area contributed by atoms with Gasteiger partial charge in [-0.25, -0.2) is 0 Å². The Bertz CT molecular complexity index is 879. The van der Waals surface area contributed by atoms with Crippen molar-refractivity contribution in [2.75, 3.05) is 49.2 Å². The second kappa shape index (κ2) is 8.44. The lowest BCUT2D eigenvalue weighted by Gasteiger charge is -2.37. The number of benzene rings is 3. The van der Waals surface area contributed by atoms with Gasteiger partial charge in [0.1, 0.15) is 0 Å². The van der Waals surface area contributed by atoms with E-state index in [-0.39, 0.29) is 0 Å². The molecule has 2 aliphatic heterocycles. The molecule has 0 spiro atoms. The molecule has 5 rings (SSSR count). The summed E-state index contributed by atoms with van der Waals surface area (Å²) in [6, 6.07) is 17.7. The maximum Gasteiger partial charge on any atom is 0.0527 e. The van der Waals surface area contributed by atoms with Crippen molar-refractivity contribution in [3.63, 3.8) is 0 Å². The van der Waals surface area contributed by atoms with E-state index >= 15 is 0 Å². The van der Waals surface area contributed by atoms with E-state index in [0.29, 0.717) is 25.0 Å². The molecule has 158 valence electrons. The Morgan fingerprint density at radius 1 is 0.567 bits per heavy atom. The summed E-state index contributed by atoms with van der Waals surface area (Å²) in [5.41, 5.74) is 2.71. The zero-order valence-corrected chi connectivity index (χ0v) is 17.6. The van der Waals surface area contributed by atoms with Crippen LogP contribution in [0.4, 0.5) is 11.4 Å². The van der Waals surface area contributed by atoms with Gasteiger partial charge < -0.3 is 20.0 Å². The van der Waals surface area contributed by atoms with Gasteiger partial charge in [0.05, 0.1) is 11.4 Å². The summed E-state index contributed by atoms with van der Waals surface area (Å²) in [6.45, 7) is 4.61. The van der Waals surface area contributed by atoms with Gasteiger partial charge in [-0.3, -0.25) is 0 Å². The van der Waals surface area contributed by atoms with Gasteiger partial charge in [-0.2, -0.15) is 0 Å². The average molecular weight is 405 g/mol. The summed E-state index contributed by atoms with van der Waals surface area (Å²) >= 11 is 0. The monoisotopic (exact) mass is 404 g/mol. The molecule has 0 radical (unpaired) electrons. The minimum atomic E-state index is 0.304. The molecule has 2 heterocycles. The number of nitrogens with zero attached hydrogens (tertiary/aromatic N) is 2. The van der Waals surface area contributed by atoms with Crippen molar-refractivity contribution < 1.29 is 10.2 Å². The van der Waals surface area contributed by atoms with Crippen molar-refractivity contribution in [1.29, 1.82) is 0 Å². The predicted octanol–water partition coefficient (Wildman–Crippen LogP) is 4.41. The third kappa shape index (κ3) is 3.42. The van der Waals surface area contributed by atoms with Gasteiger partial charge in [-0.1, -0.05) is 48.5 Å². The number of fused-ring (bicyclic) bond motifs is 2. The molecule has 0 atom stereocenters. The zero-order valence-electron chi connectivity index (χ0n) is 17.6. The first-order valence-corrected chi connectivity index (χ1v) is 11.4. The van der Waals surface area contributed by atoms with Crippen molar-refractivity contribution >= 4 is 32.9 Å².